The first kappa shape index (κ1) is 11.7. The van der Waals surface area contributed by atoms with Crippen LogP contribution in [0.2, 0.25) is 5.82 Å². The van der Waals surface area contributed by atoms with Crippen LogP contribution in [0.4, 0.5) is 0 Å². The number of halogens is 1. The van der Waals surface area contributed by atoms with Crippen LogP contribution in [-0.2, 0) is 0 Å². The Bertz CT molecular complexity index is 425. The Morgan fingerprint density at radius 1 is 1.00 bits per heavy atom. The molecule has 1 aromatic rings. The van der Waals surface area contributed by atoms with Crippen molar-refractivity contribution >= 4 is 26.8 Å². The van der Waals surface area contributed by atoms with E-state index < -0.39 is 0 Å². The van der Waals surface area contributed by atoms with E-state index in [0.29, 0.717) is 11.4 Å². The van der Waals surface area contributed by atoms with Gasteiger partial charge in [-0.1, -0.05) is 58.6 Å². The minimum atomic E-state index is 0.392. The molecule has 0 N–H and O–H groups in total. The molecule has 0 aliphatic heterocycles. The average Bonchev–Trinajstić information content (AvgIpc) is 2.67. The van der Waals surface area contributed by atoms with E-state index in [0.717, 1.165) is 0 Å². The van der Waals surface area contributed by atoms with Crippen LogP contribution in [-0.4, -0.2) is 5.54 Å². The summed E-state index contributed by atoms with van der Waals surface area (Å²) in [6.45, 7) is 6.56. The number of allylic oxidation sites excluding steroid dienone is 4. The van der Waals surface area contributed by atoms with Gasteiger partial charge in [-0.05, 0) is 26.6 Å². The van der Waals surface area contributed by atoms with Gasteiger partial charge >= 0.3 is 0 Å². The second kappa shape index (κ2) is 4.62. The maximum atomic E-state index is 3.84. The minimum Gasteiger partial charge on any atom is -0.149 e. The van der Waals surface area contributed by atoms with Crippen molar-refractivity contribution in [2.75, 3.05) is 0 Å². The average molecular weight is 275 g/mol. The first-order valence-electron chi connectivity index (χ1n) is 5.66. The van der Waals surface area contributed by atoms with Gasteiger partial charge in [0.25, 0.3) is 5.54 Å². The zero-order valence-electron chi connectivity index (χ0n) is 10.00. The molecule has 1 aliphatic rings. The molecule has 0 spiro atoms. The van der Waals surface area contributed by atoms with Crippen molar-refractivity contribution in [2.45, 2.75) is 26.6 Å². The van der Waals surface area contributed by atoms with Gasteiger partial charge in [0.15, 0.2) is 0 Å². The molecular formula is C14H16BBr. The summed E-state index contributed by atoms with van der Waals surface area (Å²) >= 11 is 3.84. The van der Waals surface area contributed by atoms with Gasteiger partial charge in [0.05, 0.1) is 0 Å². The van der Waals surface area contributed by atoms with Crippen molar-refractivity contribution in [1.82, 2.24) is 0 Å². The van der Waals surface area contributed by atoms with Crippen LogP contribution < -0.4 is 5.46 Å². The number of hydrogen-bond acceptors (Lipinski definition) is 0. The van der Waals surface area contributed by atoms with Crippen LogP contribution in [0.3, 0.4) is 0 Å². The highest BCUT2D eigenvalue weighted by atomic mass is 79.9. The third kappa shape index (κ3) is 2.17. The van der Waals surface area contributed by atoms with E-state index in [9.17, 15) is 0 Å². The van der Waals surface area contributed by atoms with Crippen LogP contribution in [0.5, 0.6) is 0 Å². The van der Waals surface area contributed by atoms with E-state index in [1.165, 1.54) is 22.2 Å². The highest BCUT2D eigenvalue weighted by Crippen LogP contribution is 2.25. The van der Waals surface area contributed by atoms with Crippen molar-refractivity contribution in [1.29, 1.82) is 0 Å². The molecule has 82 valence electrons. The monoisotopic (exact) mass is 274 g/mol. The Labute approximate surface area is 106 Å². The Morgan fingerprint density at radius 3 is 2.00 bits per heavy atom. The third-order valence-corrected chi connectivity index (χ3v) is 4.20. The fourth-order valence-electron chi connectivity index (χ4n) is 2.46. The summed E-state index contributed by atoms with van der Waals surface area (Å²) in [6.07, 6.45) is 8.74. The quantitative estimate of drug-likeness (QED) is 0.722. The van der Waals surface area contributed by atoms with Crippen LogP contribution >= 0.6 is 15.8 Å². The van der Waals surface area contributed by atoms with Gasteiger partial charge in [-0.3, -0.25) is 0 Å². The Balaban J connectivity index is 2.39. The maximum absolute atomic E-state index is 3.84. The summed E-state index contributed by atoms with van der Waals surface area (Å²) in [7, 11) is 0. The summed E-state index contributed by atoms with van der Waals surface area (Å²) in [5.41, 5.74) is 5.94. The molecule has 1 aromatic carbocycles. The van der Waals surface area contributed by atoms with Crippen molar-refractivity contribution in [3.8, 4) is 0 Å². The largest absolute Gasteiger partial charge is 0.266 e. The fourth-order valence-corrected chi connectivity index (χ4v) is 3.54. The van der Waals surface area contributed by atoms with E-state index in [1.807, 2.05) is 0 Å². The molecule has 1 aliphatic carbocycles. The Kier molecular flexibility index (Phi) is 3.39. The molecule has 0 atom stereocenters. The number of rotatable bonds is 2. The molecule has 0 amide bonds. The molecule has 0 heterocycles. The van der Waals surface area contributed by atoms with E-state index in [2.05, 4.69) is 73.0 Å². The molecule has 0 nitrogen and oxygen atoms in total. The van der Waals surface area contributed by atoms with Gasteiger partial charge < -0.3 is 0 Å². The molecule has 2 heteroatoms. The Hall–Kier alpha value is -0.755. The lowest BCUT2D eigenvalue weighted by Crippen LogP contribution is -2.32. The lowest BCUT2D eigenvalue weighted by Gasteiger charge is -2.17. The fraction of sp³-hybridized carbons (Fsp3) is 0.286. The van der Waals surface area contributed by atoms with Gasteiger partial charge in [-0.15, -0.1) is 15.8 Å². The van der Waals surface area contributed by atoms with Crippen LogP contribution in [0.25, 0.3) is 0 Å². The smallest absolute Gasteiger partial charge is 0.149 e. The van der Waals surface area contributed by atoms with Crippen LogP contribution in [0.15, 0.2) is 36.4 Å². The van der Waals surface area contributed by atoms with Gasteiger partial charge in [0.1, 0.15) is 0 Å². The second-order valence-electron chi connectivity index (χ2n) is 4.56. The second-order valence-corrected chi connectivity index (χ2v) is 5.55. The van der Waals surface area contributed by atoms with Gasteiger partial charge in [0, 0.05) is 0 Å². The first-order chi connectivity index (χ1) is 7.59. The summed E-state index contributed by atoms with van der Waals surface area (Å²) in [5, 5.41) is 0. The molecule has 0 unspecified atom stereocenters. The molecule has 0 radical (unpaired) electrons. The molecule has 16 heavy (non-hydrogen) atoms. The molecule has 2 rings (SSSR count). The van der Waals surface area contributed by atoms with E-state index in [4.69, 9.17) is 0 Å². The molecule has 0 aromatic heterocycles. The van der Waals surface area contributed by atoms with E-state index >= 15 is 0 Å². The molecule has 0 bridgehead atoms. The van der Waals surface area contributed by atoms with Gasteiger partial charge in [-0.2, -0.15) is 0 Å². The number of hydrogen-bond donors (Lipinski definition) is 0. The summed E-state index contributed by atoms with van der Waals surface area (Å²) < 4.78 is 0. The maximum Gasteiger partial charge on any atom is 0.266 e. The number of aryl methyl sites for hydroxylation is 3. The highest BCUT2D eigenvalue weighted by Gasteiger charge is 2.25. The normalized spacial score (nSPS) is 14.8. The van der Waals surface area contributed by atoms with Crippen molar-refractivity contribution in [3.63, 3.8) is 0 Å². The van der Waals surface area contributed by atoms with Crippen molar-refractivity contribution in [2.24, 2.45) is 0 Å². The van der Waals surface area contributed by atoms with E-state index in [1.54, 1.807) is 0 Å². The third-order valence-electron chi connectivity index (χ3n) is 3.13. The summed E-state index contributed by atoms with van der Waals surface area (Å²) in [6, 6.07) is 4.53. The molecule has 0 saturated carbocycles. The molecule has 0 fully saturated rings. The zero-order valence-corrected chi connectivity index (χ0v) is 11.6. The zero-order chi connectivity index (χ0) is 11.7. The Morgan fingerprint density at radius 2 is 1.50 bits per heavy atom. The van der Waals surface area contributed by atoms with Crippen LogP contribution in [0.1, 0.15) is 16.7 Å². The predicted octanol–water partition coefficient (Wildman–Crippen LogP) is 3.70. The molecule has 0 saturated heterocycles. The SMILES string of the molecule is Cc1cc(C)c(B(Br)C2C=CC=C2)c(C)c1. The standard InChI is InChI=1S/C14H16BBr/c1-10-8-11(2)14(12(3)9-10)15(16)13-6-4-5-7-13/h4-9,13H,1-3H3. The van der Waals surface area contributed by atoms with Gasteiger partial charge in [0.2, 0.25) is 0 Å². The number of benzene rings is 1. The summed E-state index contributed by atoms with van der Waals surface area (Å²) in [4.78, 5) is 0. The minimum absolute atomic E-state index is 0.392. The van der Waals surface area contributed by atoms with Crippen molar-refractivity contribution in [3.05, 3.63) is 53.1 Å². The van der Waals surface area contributed by atoms with Crippen molar-refractivity contribution < 1.29 is 0 Å². The molecular weight excluding hydrogens is 259 g/mol. The highest BCUT2D eigenvalue weighted by molar-refractivity contribution is 9.25. The lowest BCUT2D eigenvalue weighted by molar-refractivity contribution is 1.33. The van der Waals surface area contributed by atoms with Crippen LogP contribution in [0, 0.1) is 20.8 Å². The first-order valence-corrected chi connectivity index (χ1v) is 6.58. The topological polar surface area (TPSA) is 0 Å². The lowest BCUT2D eigenvalue weighted by atomic mass is 9.56. The predicted molar refractivity (Wildman–Crippen MR) is 77.0 cm³/mol. The summed E-state index contributed by atoms with van der Waals surface area (Å²) in [5.74, 6) is 0.486. The van der Waals surface area contributed by atoms with Gasteiger partial charge in [-0.25, -0.2) is 0 Å². The van der Waals surface area contributed by atoms with E-state index in [-0.39, 0.29) is 0 Å².